The Morgan fingerprint density at radius 2 is 1.88 bits per heavy atom. The zero-order valence-electron chi connectivity index (χ0n) is 11.7. The number of likely N-dealkylation sites (tertiary alicyclic amines) is 1. The van der Waals surface area contributed by atoms with Crippen molar-refractivity contribution in [1.82, 2.24) is 4.90 Å². The monoisotopic (exact) mass is 225 g/mol. The van der Waals surface area contributed by atoms with Crippen molar-refractivity contribution in [3.05, 3.63) is 0 Å². The van der Waals surface area contributed by atoms with Crippen molar-refractivity contribution in [3.8, 4) is 0 Å². The van der Waals surface area contributed by atoms with Gasteiger partial charge < -0.3 is 4.90 Å². The van der Waals surface area contributed by atoms with Gasteiger partial charge in [-0.1, -0.05) is 58.8 Å². The molecule has 1 saturated heterocycles. The van der Waals surface area contributed by atoms with Crippen molar-refractivity contribution in [2.45, 2.75) is 65.2 Å². The van der Waals surface area contributed by atoms with Gasteiger partial charge in [0.25, 0.3) is 0 Å². The Morgan fingerprint density at radius 1 is 1.06 bits per heavy atom. The molecule has 16 heavy (non-hydrogen) atoms. The highest BCUT2D eigenvalue weighted by Crippen LogP contribution is 2.30. The van der Waals surface area contributed by atoms with Gasteiger partial charge in [-0.15, -0.1) is 0 Å². The molecule has 0 amide bonds. The van der Waals surface area contributed by atoms with Crippen LogP contribution in [0.25, 0.3) is 0 Å². The maximum atomic E-state index is 2.51. The van der Waals surface area contributed by atoms with Crippen molar-refractivity contribution >= 4 is 0 Å². The molecule has 1 unspecified atom stereocenters. The number of hydrogen-bond donors (Lipinski definition) is 0. The lowest BCUT2D eigenvalue weighted by Crippen LogP contribution is -2.19. The predicted molar refractivity (Wildman–Crippen MR) is 72.8 cm³/mol. The lowest BCUT2D eigenvalue weighted by molar-refractivity contribution is 0.279. The Morgan fingerprint density at radius 3 is 2.44 bits per heavy atom. The third-order valence-corrected chi connectivity index (χ3v) is 4.18. The lowest BCUT2D eigenvalue weighted by atomic mass is 9.84. The van der Waals surface area contributed by atoms with E-state index in [4.69, 9.17) is 0 Å². The zero-order chi connectivity index (χ0) is 11.8. The summed E-state index contributed by atoms with van der Waals surface area (Å²) in [5, 5.41) is 0. The molecule has 0 aromatic rings. The average molecular weight is 225 g/mol. The Kier molecular flexibility index (Phi) is 7.11. The number of nitrogens with zero attached hydrogens (tertiary/aromatic N) is 1. The van der Waals surface area contributed by atoms with Crippen molar-refractivity contribution in [2.24, 2.45) is 11.8 Å². The molecule has 96 valence electrons. The van der Waals surface area contributed by atoms with Crippen LogP contribution in [0.1, 0.15) is 65.2 Å². The van der Waals surface area contributed by atoms with Gasteiger partial charge in [0.15, 0.2) is 0 Å². The molecule has 0 spiro atoms. The van der Waals surface area contributed by atoms with Gasteiger partial charge in [-0.05, 0) is 31.8 Å². The van der Waals surface area contributed by atoms with Crippen LogP contribution in [-0.2, 0) is 0 Å². The Bertz CT molecular complexity index is 167. The standard InChI is InChI=1S/C15H31N/c1-4-6-7-8-10-14(9-5-2)15-11-12-16(3)13-15/h14-15H,4-13H2,1-3H3/t14?,15-/m1/s1. The van der Waals surface area contributed by atoms with E-state index in [1.807, 2.05) is 0 Å². The third-order valence-electron chi connectivity index (χ3n) is 4.18. The van der Waals surface area contributed by atoms with Crippen molar-refractivity contribution in [2.75, 3.05) is 20.1 Å². The first kappa shape index (κ1) is 14.0. The molecule has 1 aliphatic heterocycles. The van der Waals surface area contributed by atoms with E-state index in [9.17, 15) is 0 Å². The van der Waals surface area contributed by atoms with Crippen LogP contribution in [0.5, 0.6) is 0 Å². The highest BCUT2D eigenvalue weighted by Gasteiger charge is 2.26. The van der Waals surface area contributed by atoms with E-state index in [0.717, 1.165) is 11.8 Å². The summed E-state index contributed by atoms with van der Waals surface area (Å²) in [5.41, 5.74) is 0. The van der Waals surface area contributed by atoms with Crippen LogP contribution in [0.3, 0.4) is 0 Å². The van der Waals surface area contributed by atoms with Crippen LogP contribution < -0.4 is 0 Å². The Labute approximate surface area is 103 Å². The quantitative estimate of drug-likeness (QED) is 0.556. The molecule has 0 saturated carbocycles. The summed E-state index contributed by atoms with van der Waals surface area (Å²) in [6.45, 7) is 7.34. The minimum absolute atomic E-state index is 1.01. The van der Waals surface area contributed by atoms with Crippen LogP contribution in [-0.4, -0.2) is 25.0 Å². The molecule has 1 heterocycles. The van der Waals surface area contributed by atoms with Gasteiger partial charge in [0.1, 0.15) is 0 Å². The van der Waals surface area contributed by atoms with Crippen LogP contribution in [0.15, 0.2) is 0 Å². The smallest absolute Gasteiger partial charge is 0.000973 e. The van der Waals surface area contributed by atoms with Crippen molar-refractivity contribution in [1.29, 1.82) is 0 Å². The second-order valence-electron chi connectivity index (χ2n) is 5.71. The molecule has 1 heteroatoms. The van der Waals surface area contributed by atoms with E-state index in [2.05, 4.69) is 25.8 Å². The molecular formula is C15H31N. The maximum absolute atomic E-state index is 2.51. The van der Waals surface area contributed by atoms with Gasteiger partial charge in [-0.2, -0.15) is 0 Å². The molecule has 0 aromatic carbocycles. The largest absolute Gasteiger partial charge is 0.306 e. The molecule has 1 rings (SSSR count). The van der Waals surface area contributed by atoms with Crippen LogP contribution in [0, 0.1) is 11.8 Å². The topological polar surface area (TPSA) is 3.24 Å². The highest BCUT2D eigenvalue weighted by molar-refractivity contribution is 4.79. The van der Waals surface area contributed by atoms with Crippen molar-refractivity contribution in [3.63, 3.8) is 0 Å². The fourth-order valence-corrected chi connectivity index (χ4v) is 3.17. The van der Waals surface area contributed by atoms with Gasteiger partial charge in [0.05, 0.1) is 0 Å². The van der Waals surface area contributed by atoms with Gasteiger partial charge in [-0.25, -0.2) is 0 Å². The average Bonchev–Trinajstić information content (AvgIpc) is 2.69. The Hall–Kier alpha value is -0.0400. The normalized spacial score (nSPS) is 23.8. The first-order valence-corrected chi connectivity index (χ1v) is 7.46. The van der Waals surface area contributed by atoms with E-state index >= 15 is 0 Å². The third kappa shape index (κ3) is 4.86. The summed E-state index contributed by atoms with van der Waals surface area (Å²) in [4.78, 5) is 2.51. The molecule has 0 aliphatic carbocycles. The molecule has 2 atom stereocenters. The minimum atomic E-state index is 1.01. The van der Waals surface area contributed by atoms with Gasteiger partial charge >= 0.3 is 0 Å². The summed E-state index contributed by atoms with van der Waals surface area (Å²) in [6, 6.07) is 0. The van der Waals surface area contributed by atoms with E-state index in [0.29, 0.717) is 0 Å². The molecule has 1 nitrogen and oxygen atoms in total. The van der Waals surface area contributed by atoms with Gasteiger partial charge in [-0.3, -0.25) is 0 Å². The minimum Gasteiger partial charge on any atom is -0.306 e. The number of unbranched alkanes of at least 4 members (excludes halogenated alkanes) is 3. The predicted octanol–water partition coefficient (Wildman–Crippen LogP) is 4.32. The number of rotatable bonds is 8. The van der Waals surface area contributed by atoms with Gasteiger partial charge in [0.2, 0.25) is 0 Å². The second-order valence-corrected chi connectivity index (χ2v) is 5.71. The van der Waals surface area contributed by atoms with Crippen LogP contribution in [0.2, 0.25) is 0 Å². The molecule has 0 N–H and O–H groups in total. The summed E-state index contributed by atoms with van der Waals surface area (Å²) >= 11 is 0. The first-order valence-electron chi connectivity index (χ1n) is 7.46. The maximum Gasteiger partial charge on any atom is 0.000973 e. The van der Waals surface area contributed by atoms with Crippen molar-refractivity contribution < 1.29 is 0 Å². The second kappa shape index (κ2) is 8.11. The highest BCUT2D eigenvalue weighted by atomic mass is 15.1. The summed E-state index contributed by atoms with van der Waals surface area (Å²) in [5.74, 6) is 2.03. The molecule has 0 bridgehead atoms. The summed E-state index contributed by atoms with van der Waals surface area (Å²) in [7, 11) is 2.28. The van der Waals surface area contributed by atoms with E-state index in [1.165, 1.54) is 64.5 Å². The molecule has 0 aromatic heterocycles. The number of hydrogen-bond acceptors (Lipinski definition) is 1. The SMILES string of the molecule is CCCCCCC(CCC)[C@@H]1CCN(C)C1. The van der Waals surface area contributed by atoms with E-state index in [-0.39, 0.29) is 0 Å². The Balaban J connectivity index is 2.23. The molecular weight excluding hydrogens is 194 g/mol. The lowest BCUT2D eigenvalue weighted by Gasteiger charge is -2.23. The van der Waals surface area contributed by atoms with Crippen LogP contribution >= 0.6 is 0 Å². The molecule has 1 aliphatic rings. The first-order chi connectivity index (χ1) is 7.77. The fraction of sp³-hybridized carbons (Fsp3) is 1.00. The van der Waals surface area contributed by atoms with E-state index in [1.54, 1.807) is 0 Å². The zero-order valence-corrected chi connectivity index (χ0v) is 11.7. The van der Waals surface area contributed by atoms with Gasteiger partial charge in [0, 0.05) is 6.54 Å². The molecule has 1 fully saturated rings. The summed E-state index contributed by atoms with van der Waals surface area (Å²) < 4.78 is 0. The molecule has 0 radical (unpaired) electrons. The van der Waals surface area contributed by atoms with E-state index < -0.39 is 0 Å². The fourth-order valence-electron chi connectivity index (χ4n) is 3.17. The van der Waals surface area contributed by atoms with Crippen LogP contribution in [0.4, 0.5) is 0 Å². The summed E-state index contributed by atoms with van der Waals surface area (Å²) in [6.07, 6.45) is 11.5.